The van der Waals surface area contributed by atoms with Gasteiger partial charge in [0.25, 0.3) is 0 Å². The van der Waals surface area contributed by atoms with Crippen molar-refractivity contribution in [3.63, 3.8) is 0 Å². The quantitative estimate of drug-likeness (QED) is 0.878. The van der Waals surface area contributed by atoms with Gasteiger partial charge in [0.05, 0.1) is 5.54 Å². The van der Waals surface area contributed by atoms with Gasteiger partial charge in [-0.25, -0.2) is 0 Å². The fourth-order valence-corrected chi connectivity index (χ4v) is 3.73. The Hall–Kier alpha value is -1.00. The van der Waals surface area contributed by atoms with Crippen LogP contribution < -0.4 is 11.5 Å². The molecule has 0 aliphatic heterocycles. The maximum absolute atomic E-state index is 11.3. The molecule has 1 aromatic carbocycles. The van der Waals surface area contributed by atoms with E-state index in [1.54, 1.807) is 11.8 Å². The molecule has 1 aliphatic carbocycles. The second kappa shape index (κ2) is 4.94. The third-order valence-corrected chi connectivity index (χ3v) is 5.04. The van der Waals surface area contributed by atoms with E-state index in [2.05, 4.69) is 32.0 Å². The first-order valence-electron chi connectivity index (χ1n) is 6.23. The molecule has 18 heavy (non-hydrogen) atoms. The molecule has 0 bridgehead atoms. The Morgan fingerprint density at radius 1 is 1.39 bits per heavy atom. The van der Waals surface area contributed by atoms with Crippen molar-refractivity contribution in [3.8, 4) is 0 Å². The van der Waals surface area contributed by atoms with Gasteiger partial charge in [-0.2, -0.15) is 0 Å². The third-order valence-electron chi connectivity index (χ3n) is 3.78. The molecule has 1 aromatic rings. The molecule has 0 saturated heterocycles. The van der Waals surface area contributed by atoms with Crippen molar-refractivity contribution in [3.05, 3.63) is 29.3 Å². The van der Waals surface area contributed by atoms with Crippen LogP contribution in [0, 0.1) is 13.8 Å². The number of primary amides is 1. The Bertz CT molecular complexity index is 475. The van der Waals surface area contributed by atoms with Crippen LogP contribution in [0.2, 0.25) is 0 Å². The average molecular weight is 264 g/mol. The van der Waals surface area contributed by atoms with Crippen LogP contribution in [0.4, 0.5) is 0 Å². The lowest BCUT2D eigenvalue weighted by Crippen LogP contribution is -2.50. The largest absolute Gasteiger partial charge is 0.368 e. The summed E-state index contributed by atoms with van der Waals surface area (Å²) in [4.78, 5) is 12.6. The summed E-state index contributed by atoms with van der Waals surface area (Å²) in [6.45, 7) is 4.22. The molecule has 2 unspecified atom stereocenters. The molecule has 0 radical (unpaired) electrons. The van der Waals surface area contributed by atoms with E-state index in [4.69, 9.17) is 11.5 Å². The number of hydrogen-bond donors (Lipinski definition) is 2. The number of rotatable bonds is 3. The van der Waals surface area contributed by atoms with Crippen LogP contribution in [0.1, 0.15) is 30.4 Å². The molecular weight excluding hydrogens is 244 g/mol. The van der Waals surface area contributed by atoms with Crippen LogP contribution in [0.3, 0.4) is 0 Å². The standard InChI is InChI=1S/C14H20N2OS/c1-9-3-4-11(7-10(9)2)18-12-5-6-14(16,8-12)13(15)17/h3-4,7,12H,5-6,8,16H2,1-2H3,(H2,15,17). The molecule has 2 atom stereocenters. The lowest BCUT2D eigenvalue weighted by Gasteiger charge is -2.19. The SMILES string of the molecule is Cc1ccc(SC2CCC(N)(C(N)=O)C2)cc1C. The van der Waals surface area contributed by atoms with E-state index < -0.39 is 5.54 Å². The van der Waals surface area contributed by atoms with Gasteiger partial charge in [-0.05, 0) is 56.4 Å². The van der Waals surface area contributed by atoms with Crippen LogP contribution in [-0.2, 0) is 4.79 Å². The number of carbonyl (C=O) groups excluding carboxylic acids is 1. The highest BCUT2D eigenvalue weighted by atomic mass is 32.2. The molecule has 1 aliphatic rings. The first-order valence-corrected chi connectivity index (χ1v) is 7.11. The number of amides is 1. The van der Waals surface area contributed by atoms with Gasteiger partial charge in [-0.3, -0.25) is 4.79 Å². The summed E-state index contributed by atoms with van der Waals surface area (Å²) in [7, 11) is 0. The minimum Gasteiger partial charge on any atom is -0.368 e. The van der Waals surface area contributed by atoms with Crippen LogP contribution in [-0.4, -0.2) is 16.7 Å². The summed E-state index contributed by atoms with van der Waals surface area (Å²) in [5.74, 6) is -0.370. The van der Waals surface area contributed by atoms with Gasteiger partial charge in [0.1, 0.15) is 0 Å². The molecule has 3 nitrogen and oxygen atoms in total. The highest BCUT2D eigenvalue weighted by Crippen LogP contribution is 2.39. The molecule has 1 saturated carbocycles. The summed E-state index contributed by atoms with van der Waals surface area (Å²) in [5.41, 5.74) is 13.2. The number of benzene rings is 1. The van der Waals surface area contributed by atoms with Crippen molar-refractivity contribution in [2.45, 2.75) is 48.8 Å². The summed E-state index contributed by atoms with van der Waals surface area (Å²) >= 11 is 1.81. The minimum absolute atomic E-state index is 0.370. The molecule has 1 fully saturated rings. The number of nitrogens with two attached hydrogens (primary N) is 2. The smallest absolute Gasteiger partial charge is 0.237 e. The highest BCUT2D eigenvalue weighted by Gasteiger charge is 2.40. The fraction of sp³-hybridized carbons (Fsp3) is 0.500. The van der Waals surface area contributed by atoms with Crippen LogP contribution in [0.5, 0.6) is 0 Å². The van der Waals surface area contributed by atoms with Gasteiger partial charge in [0.2, 0.25) is 5.91 Å². The normalized spacial score (nSPS) is 27.4. The lowest BCUT2D eigenvalue weighted by atomic mass is 9.99. The van der Waals surface area contributed by atoms with Crippen LogP contribution in [0.25, 0.3) is 0 Å². The van der Waals surface area contributed by atoms with Gasteiger partial charge >= 0.3 is 0 Å². The minimum atomic E-state index is -0.794. The summed E-state index contributed by atoms with van der Waals surface area (Å²) in [6, 6.07) is 6.46. The van der Waals surface area contributed by atoms with Crippen LogP contribution in [0.15, 0.2) is 23.1 Å². The molecule has 0 aromatic heterocycles. The van der Waals surface area contributed by atoms with E-state index in [9.17, 15) is 4.79 Å². The predicted molar refractivity (Wildman–Crippen MR) is 75.5 cm³/mol. The van der Waals surface area contributed by atoms with Crippen molar-refractivity contribution < 1.29 is 4.79 Å². The molecule has 4 heteroatoms. The van der Waals surface area contributed by atoms with E-state index in [0.717, 1.165) is 6.42 Å². The number of aryl methyl sites for hydroxylation is 2. The van der Waals surface area contributed by atoms with Crippen molar-refractivity contribution in [1.29, 1.82) is 0 Å². The van der Waals surface area contributed by atoms with Crippen molar-refractivity contribution in [2.24, 2.45) is 11.5 Å². The molecule has 0 spiro atoms. The monoisotopic (exact) mass is 264 g/mol. The predicted octanol–water partition coefficient (Wildman–Crippen LogP) is 2.13. The second-order valence-corrected chi connectivity index (χ2v) is 6.62. The van der Waals surface area contributed by atoms with E-state index in [1.165, 1.54) is 16.0 Å². The number of thioether (sulfide) groups is 1. The summed E-state index contributed by atoms with van der Waals surface area (Å²) in [6.07, 6.45) is 2.34. The number of hydrogen-bond acceptors (Lipinski definition) is 3. The van der Waals surface area contributed by atoms with Gasteiger partial charge in [0.15, 0.2) is 0 Å². The van der Waals surface area contributed by atoms with Crippen LogP contribution >= 0.6 is 11.8 Å². The van der Waals surface area contributed by atoms with E-state index >= 15 is 0 Å². The van der Waals surface area contributed by atoms with E-state index in [1.807, 2.05) is 0 Å². The highest BCUT2D eigenvalue weighted by molar-refractivity contribution is 8.00. The molecular formula is C14H20N2OS. The zero-order chi connectivity index (χ0) is 13.3. The molecule has 1 amide bonds. The maximum atomic E-state index is 11.3. The van der Waals surface area contributed by atoms with E-state index in [0.29, 0.717) is 18.1 Å². The molecule has 4 N–H and O–H groups in total. The Kier molecular flexibility index (Phi) is 3.69. The number of carbonyl (C=O) groups is 1. The Morgan fingerprint density at radius 2 is 2.11 bits per heavy atom. The molecule has 0 heterocycles. The fourth-order valence-electron chi connectivity index (χ4n) is 2.33. The lowest BCUT2D eigenvalue weighted by molar-refractivity contribution is -0.122. The Balaban J connectivity index is 2.03. The van der Waals surface area contributed by atoms with Crippen molar-refractivity contribution in [1.82, 2.24) is 0 Å². The van der Waals surface area contributed by atoms with Gasteiger partial charge in [-0.1, -0.05) is 6.07 Å². The first-order chi connectivity index (χ1) is 8.40. The van der Waals surface area contributed by atoms with Gasteiger partial charge in [-0.15, -0.1) is 11.8 Å². The van der Waals surface area contributed by atoms with Crippen molar-refractivity contribution >= 4 is 17.7 Å². The average Bonchev–Trinajstić information content (AvgIpc) is 2.67. The van der Waals surface area contributed by atoms with Gasteiger partial charge < -0.3 is 11.5 Å². The Labute approximate surface area is 112 Å². The maximum Gasteiger partial charge on any atom is 0.237 e. The van der Waals surface area contributed by atoms with E-state index in [-0.39, 0.29) is 5.91 Å². The summed E-state index contributed by atoms with van der Waals surface area (Å²) in [5, 5.41) is 0.393. The topological polar surface area (TPSA) is 69.1 Å². The zero-order valence-electron chi connectivity index (χ0n) is 10.9. The Morgan fingerprint density at radius 3 is 2.67 bits per heavy atom. The second-order valence-electron chi connectivity index (χ2n) is 5.25. The third kappa shape index (κ3) is 2.70. The molecule has 2 rings (SSSR count). The molecule has 98 valence electrons. The zero-order valence-corrected chi connectivity index (χ0v) is 11.7. The van der Waals surface area contributed by atoms with Gasteiger partial charge in [0, 0.05) is 10.1 Å². The van der Waals surface area contributed by atoms with Crippen molar-refractivity contribution in [2.75, 3.05) is 0 Å². The summed E-state index contributed by atoms with van der Waals surface area (Å²) < 4.78 is 0. The first kappa shape index (κ1) is 13.4.